The van der Waals surface area contributed by atoms with E-state index in [1.54, 1.807) is 0 Å². The number of hydrogen-bond donors (Lipinski definition) is 0. The lowest BCUT2D eigenvalue weighted by molar-refractivity contribution is 0.256. The summed E-state index contributed by atoms with van der Waals surface area (Å²) in [5.41, 5.74) is 0. The highest BCUT2D eigenvalue weighted by molar-refractivity contribution is 5.77. The number of rotatable bonds is 0. The Balaban J connectivity index is 2.98. The van der Waals surface area contributed by atoms with Crippen LogP contribution >= 0.6 is 0 Å². The number of amides is 2. The van der Waals surface area contributed by atoms with Crippen LogP contribution in [0.2, 0.25) is 0 Å². The van der Waals surface area contributed by atoms with E-state index in [9.17, 15) is 18.0 Å². The minimum absolute atomic E-state index is 0.276. The molecule has 66 valence electrons. The number of carbonyl (C=O) groups is 1. The lowest BCUT2D eigenvalue weighted by Crippen LogP contribution is -2.28. The molecule has 3 nitrogen and oxygen atoms in total. The third kappa shape index (κ3) is 1.02. The van der Waals surface area contributed by atoms with Crippen molar-refractivity contribution in [2.24, 2.45) is 9.98 Å². The molecule has 0 radical (unpaired) electrons. The van der Waals surface area contributed by atoms with Gasteiger partial charge in [-0.2, -0.15) is 9.98 Å². The third-order valence-corrected chi connectivity index (χ3v) is 1.54. The SMILES string of the molecule is O=C1N=c2cc(F)c(F)c(F)c2=N1. The summed E-state index contributed by atoms with van der Waals surface area (Å²) in [5, 5.41) is -0.815. The molecule has 1 heterocycles. The molecule has 0 aliphatic carbocycles. The van der Waals surface area contributed by atoms with Crippen molar-refractivity contribution in [1.29, 1.82) is 0 Å². The van der Waals surface area contributed by atoms with Crippen molar-refractivity contribution in [2.75, 3.05) is 0 Å². The van der Waals surface area contributed by atoms with E-state index in [2.05, 4.69) is 9.98 Å². The Morgan fingerprint density at radius 1 is 1.08 bits per heavy atom. The normalized spacial score (nSPS) is 13.6. The zero-order chi connectivity index (χ0) is 9.59. The lowest BCUT2D eigenvalue weighted by atomic mass is 10.3. The second kappa shape index (κ2) is 2.38. The molecular formula is C7HF3N2O. The Hall–Kier alpha value is -1.72. The zero-order valence-corrected chi connectivity index (χ0v) is 6.01. The maximum Gasteiger partial charge on any atom is 0.368 e. The molecule has 0 saturated carbocycles. The van der Waals surface area contributed by atoms with Crippen molar-refractivity contribution >= 4 is 6.03 Å². The smallest absolute Gasteiger partial charge is 0.244 e. The minimum Gasteiger partial charge on any atom is -0.244 e. The van der Waals surface area contributed by atoms with Gasteiger partial charge in [0.1, 0.15) is 10.7 Å². The van der Waals surface area contributed by atoms with E-state index in [0.29, 0.717) is 6.07 Å². The Labute approximate surface area is 69.2 Å². The van der Waals surface area contributed by atoms with Gasteiger partial charge in [-0.25, -0.2) is 18.0 Å². The molecule has 1 aromatic carbocycles. The van der Waals surface area contributed by atoms with Crippen LogP contribution in [0.1, 0.15) is 0 Å². The van der Waals surface area contributed by atoms with Crippen LogP contribution in [0.5, 0.6) is 0 Å². The standard InChI is InChI=1S/C7HF3N2O/c8-2-1-3-6(5(10)4(2)9)12-7(13)11-3/h1H. The Morgan fingerprint density at radius 2 is 1.77 bits per heavy atom. The summed E-state index contributed by atoms with van der Waals surface area (Å²) in [7, 11) is 0. The van der Waals surface area contributed by atoms with Crippen LogP contribution in [0.25, 0.3) is 0 Å². The average Bonchev–Trinajstić information content (AvgIpc) is 2.42. The van der Waals surface area contributed by atoms with Crippen LogP contribution in [0.15, 0.2) is 16.1 Å². The van der Waals surface area contributed by atoms with Gasteiger partial charge in [0.25, 0.3) is 0 Å². The summed E-state index contributed by atoms with van der Waals surface area (Å²) < 4.78 is 37.9. The van der Waals surface area contributed by atoms with E-state index in [1.165, 1.54) is 0 Å². The van der Waals surface area contributed by atoms with E-state index in [0.717, 1.165) is 0 Å². The van der Waals surface area contributed by atoms with Gasteiger partial charge in [-0.3, -0.25) is 0 Å². The molecule has 0 bridgehead atoms. The number of nitrogens with zero attached hydrogens (tertiary/aromatic N) is 2. The monoisotopic (exact) mass is 186 g/mol. The molecule has 0 atom stereocenters. The molecule has 2 rings (SSSR count). The molecule has 13 heavy (non-hydrogen) atoms. The first-order chi connectivity index (χ1) is 6.09. The first kappa shape index (κ1) is 7.90. The van der Waals surface area contributed by atoms with Crippen LogP contribution in [-0.4, -0.2) is 6.03 Å². The number of halogens is 3. The number of hydrogen-bond acceptors (Lipinski definition) is 1. The molecule has 6 heteroatoms. The Morgan fingerprint density at radius 3 is 2.46 bits per heavy atom. The van der Waals surface area contributed by atoms with Crippen molar-refractivity contribution < 1.29 is 18.0 Å². The number of carbonyl (C=O) groups excluding carboxylic acids is 1. The zero-order valence-electron chi connectivity index (χ0n) is 6.01. The average molecular weight is 186 g/mol. The summed E-state index contributed by atoms with van der Waals surface area (Å²) >= 11 is 0. The van der Waals surface area contributed by atoms with E-state index in [4.69, 9.17) is 0 Å². The Bertz CT molecular complexity index is 524. The highest BCUT2D eigenvalue weighted by atomic mass is 19.2. The summed E-state index contributed by atoms with van der Waals surface area (Å²) in [6.45, 7) is 0. The second-order valence-corrected chi connectivity index (χ2v) is 2.36. The van der Waals surface area contributed by atoms with Crippen LogP contribution in [-0.2, 0) is 0 Å². The van der Waals surface area contributed by atoms with Gasteiger partial charge < -0.3 is 0 Å². The minimum atomic E-state index is -1.65. The van der Waals surface area contributed by atoms with Gasteiger partial charge in [-0.1, -0.05) is 0 Å². The van der Waals surface area contributed by atoms with E-state index in [-0.39, 0.29) is 5.36 Å². The first-order valence-electron chi connectivity index (χ1n) is 3.24. The fourth-order valence-corrected chi connectivity index (χ4v) is 0.988. The van der Waals surface area contributed by atoms with Crippen molar-refractivity contribution in [3.63, 3.8) is 0 Å². The van der Waals surface area contributed by atoms with Crippen LogP contribution in [0, 0.1) is 17.5 Å². The van der Waals surface area contributed by atoms with Crippen molar-refractivity contribution in [2.45, 2.75) is 0 Å². The fourth-order valence-electron chi connectivity index (χ4n) is 0.988. The predicted octanol–water partition coefficient (Wildman–Crippen LogP) is 0.477. The van der Waals surface area contributed by atoms with Gasteiger partial charge in [0.2, 0.25) is 0 Å². The molecule has 0 aromatic heterocycles. The van der Waals surface area contributed by atoms with Gasteiger partial charge in [0, 0.05) is 6.07 Å². The van der Waals surface area contributed by atoms with Crippen LogP contribution < -0.4 is 10.7 Å². The molecular weight excluding hydrogens is 185 g/mol. The third-order valence-electron chi connectivity index (χ3n) is 1.54. The quantitative estimate of drug-likeness (QED) is 0.543. The highest BCUT2D eigenvalue weighted by Gasteiger charge is 2.17. The van der Waals surface area contributed by atoms with E-state index < -0.39 is 28.8 Å². The molecule has 0 unspecified atom stereocenters. The molecule has 1 aromatic rings. The summed E-state index contributed by atoms with van der Waals surface area (Å²) in [6, 6.07) is -0.332. The molecule has 0 saturated heterocycles. The number of urea groups is 1. The maximum atomic E-state index is 12.8. The molecule has 1 aliphatic rings. The number of fused-ring (bicyclic) bond motifs is 1. The second-order valence-electron chi connectivity index (χ2n) is 2.36. The van der Waals surface area contributed by atoms with Gasteiger partial charge in [0.15, 0.2) is 17.5 Å². The van der Waals surface area contributed by atoms with Crippen molar-refractivity contribution in [1.82, 2.24) is 0 Å². The van der Waals surface area contributed by atoms with E-state index >= 15 is 0 Å². The molecule has 1 aliphatic heterocycles. The van der Waals surface area contributed by atoms with Gasteiger partial charge in [0.05, 0.1) is 0 Å². The van der Waals surface area contributed by atoms with Gasteiger partial charge in [-0.05, 0) is 0 Å². The summed E-state index contributed by atoms with van der Waals surface area (Å²) in [6.07, 6.45) is 0. The maximum absolute atomic E-state index is 12.8. The topological polar surface area (TPSA) is 41.8 Å². The fraction of sp³-hybridized carbons (Fsp3) is 0. The predicted molar refractivity (Wildman–Crippen MR) is 34.0 cm³/mol. The van der Waals surface area contributed by atoms with Crippen LogP contribution in [0.3, 0.4) is 0 Å². The van der Waals surface area contributed by atoms with Crippen molar-refractivity contribution in [3.05, 3.63) is 34.2 Å². The first-order valence-corrected chi connectivity index (χ1v) is 3.24. The Kier molecular flexibility index (Phi) is 1.45. The van der Waals surface area contributed by atoms with Gasteiger partial charge in [-0.15, -0.1) is 0 Å². The van der Waals surface area contributed by atoms with E-state index in [1.807, 2.05) is 0 Å². The molecule has 0 N–H and O–H groups in total. The molecule has 0 fully saturated rings. The molecule has 2 amide bonds. The summed E-state index contributed by atoms with van der Waals surface area (Å²) in [5.74, 6) is -4.51. The lowest BCUT2D eigenvalue weighted by Gasteiger charge is -1.91. The van der Waals surface area contributed by atoms with Crippen LogP contribution in [0.4, 0.5) is 18.0 Å². The summed E-state index contributed by atoms with van der Waals surface area (Å²) in [4.78, 5) is 16.8. The highest BCUT2D eigenvalue weighted by Crippen LogP contribution is 2.04. The molecule has 0 spiro atoms. The largest absolute Gasteiger partial charge is 0.368 e. The van der Waals surface area contributed by atoms with Crippen molar-refractivity contribution in [3.8, 4) is 0 Å². The number of benzene rings is 1. The van der Waals surface area contributed by atoms with Gasteiger partial charge >= 0.3 is 6.03 Å².